The van der Waals surface area contributed by atoms with Gasteiger partial charge in [-0.2, -0.15) is 0 Å². The lowest BCUT2D eigenvalue weighted by Crippen LogP contribution is -2.45. The number of Topliss-reactive ketones (excluding diaryl/α,β-unsaturated/α-hetero) is 1. The summed E-state index contributed by atoms with van der Waals surface area (Å²) in [6.07, 6.45) is 0.794. The lowest BCUT2D eigenvalue weighted by molar-refractivity contribution is -0.138. The molecule has 168 valence electrons. The number of amides is 1. The van der Waals surface area contributed by atoms with Crippen molar-refractivity contribution in [3.05, 3.63) is 113 Å². The Morgan fingerprint density at radius 2 is 1.39 bits per heavy atom. The van der Waals surface area contributed by atoms with Gasteiger partial charge in [-0.05, 0) is 25.0 Å². The van der Waals surface area contributed by atoms with Crippen molar-refractivity contribution in [2.24, 2.45) is 0 Å². The third-order valence-corrected chi connectivity index (χ3v) is 5.25. The predicted octanol–water partition coefficient (Wildman–Crippen LogP) is 3.39. The minimum atomic E-state index is -2.02. The Balaban J connectivity index is 1.81. The van der Waals surface area contributed by atoms with Crippen molar-refractivity contribution < 1.29 is 24.6 Å². The maximum atomic E-state index is 13.2. The van der Waals surface area contributed by atoms with Crippen LogP contribution in [0.3, 0.4) is 0 Å². The number of carbonyl (C=O) groups excluding carboxylic acids is 3. The third-order valence-electron chi connectivity index (χ3n) is 5.25. The second-order valence-electron chi connectivity index (χ2n) is 7.82. The first kappa shape index (κ1) is 23.6. The van der Waals surface area contributed by atoms with Crippen molar-refractivity contribution in [3.63, 3.8) is 0 Å². The van der Waals surface area contributed by atoms with E-state index in [2.05, 4.69) is 5.32 Å². The fraction of sp³-hybridized carbons (Fsp3) is 0.148. The van der Waals surface area contributed by atoms with E-state index in [0.29, 0.717) is 16.7 Å². The first-order chi connectivity index (χ1) is 15.7. The molecule has 3 rings (SSSR count). The van der Waals surface area contributed by atoms with Crippen LogP contribution in [0.5, 0.6) is 0 Å². The van der Waals surface area contributed by atoms with Crippen LogP contribution in [0.4, 0.5) is 0 Å². The molecule has 0 aliphatic rings. The Morgan fingerprint density at radius 3 is 1.91 bits per heavy atom. The van der Waals surface area contributed by atoms with E-state index in [4.69, 9.17) is 0 Å². The van der Waals surface area contributed by atoms with E-state index in [-0.39, 0.29) is 5.76 Å². The second-order valence-corrected chi connectivity index (χ2v) is 7.82. The maximum absolute atomic E-state index is 13.2. The van der Waals surface area contributed by atoms with Gasteiger partial charge in [0.05, 0.1) is 6.54 Å². The van der Waals surface area contributed by atoms with E-state index in [1.807, 2.05) is 26.0 Å². The molecule has 0 saturated carbocycles. The zero-order chi connectivity index (χ0) is 24.0. The summed E-state index contributed by atoms with van der Waals surface area (Å²) in [7, 11) is 0. The Labute approximate surface area is 192 Å². The number of carbonyl (C=O) groups is 3. The monoisotopic (exact) mass is 443 g/mol. The SMILES string of the molecule is Cc1cccc(C(O)(C(=O)CNC(=O)C(=O)C=C(O)c2ccccc2)c2cccc(C)c2)c1. The number of benzene rings is 3. The van der Waals surface area contributed by atoms with Crippen LogP contribution in [0, 0.1) is 13.8 Å². The van der Waals surface area contributed by atoms with Gasteiger partial charge in [-0.25, -0.2) is 0 Å². The summed E-state index contributed by atoms with van der Waals surface area (Å²) in [5, 5.41) is 23.9. The lowest BCUT2D eigenvalue weighted by Gasteiger charge is -2.28. The molecule has 0 spiro atoms. The van der Waals surface area contributed by atoms with Gasteiger partial charge in [0, 0.05) is 11.6 Å². The zero-order valence-corrected chi connectivity index (χ0v) is 18.4. The van der Waals surface area contributed by atoms with Gasteiger partial charge in [-0.3, -0.25) is 14.4 Å². The van der Waals surface area contributed by atoms with E-state index in [0.717, 1.165) is 17.2 Å². The van der Waals surface area contributed by atoms with Gasteiger partial charge in [-0.1, -0.05) is 90.0 Å². The first-order valence-electron chi connectivity index (χ1n) is 10.4. The van der Waals surface area contributed by atoms with Crippen molar-refractivity contribution in [2.75, 3.05) is 6.54 Å². The van der Waals surface area contributed by atoms with Crippen molar-refractivity contribution in [2.45, 2.75) is 19.4 Å². The summed E-state index contributed by atoms with van der Waals surface area (Å²) in [5.74, 6) is -3.14. The number of hydrogen-bond acceptors (Lipinski definition) is 5. The number of aryl methyl sites for hydroxylation is 2. The smallest absolute Gasteiger partial charge is 0.292 e. The molecule has 6 nitrogen and oxygen atoms in total. The maximum Gasteiger partial charge on any atom is 0.292 e. The van der Waals surface area contributed by atoms with Gasteiger partial charge >= 0.3 is 0 Å². The molecule has 0 heterocycles. The summed E-state index contributed by atoms with van der Waals surface area (Å²) >= 11 is 0. The molecule has 3 N–H and O–H groups in total. The Morgan fingerprint density at radius 1 is 0.848 bits per heavy atom. The normalized spacial score (nSPS) is 11.7. The van der Waals surface area contributed by atoms with Crippen LogP contribution in [0.1, 0.15) is 27.8 Å². The number of aliphatic hydroxyl groups is 2. The van der Waals surface area contributed by atoms with E-state index in [1.54, 1.807) is 66.7 Å². The Kier molecular flexibility index (Phi) is 7.20. The lowest BCUT2D eigenvalue weighted by atomic mass is 9.81. The number of hydrogen-bond donors (Lipinski definition) is 3. The van der Waals surface area contributed by atoms with Crippen molar-refractivity contribution in [1.29, 1.82) is 0 Å². The molecule has 3 aromatic carbocycles. The second kappa shape index (κ2) is 10.1. The fourth-order valence-corrected chi connectivity index (χ4v) is 3.49. The number of nitrogens with one attached hydrogen (secondary N) is 1. The van der Waals surface area contributed by atoms with Crippen LogP contribution in [0.2, 0.25) is 0 Å². The van der Waals surface area contributed by atoms with Crippen LogP contribution >= 0.6 is 0 Å². The molecule has 0 aliphatic carbocycles. The van der Waals surface area contributed by atoms with Gasteiger partial charge in [-0.15, -0.1) is 0 Å². The van der Waals surface area contributed by atoms with Gasteiger partial charge in [0.2, 0.25) is 5.78 Å². The molecule has 0 radical (unpaired) electrons. The molecule has 0 atom stereocenters. The Hall–Kier alpha value is -4.03. The van der Waals surface area contributed by atoms with E-state index < -0.39 is 29.6 Å². The molecule has 0 aromatic heterocycles. The average Bonchev–Trinajstić information content (AvgIpc) is 2.82. The van der Waals surface area contributed by atoms with E-state index in [9.17, 15) is 24.6 Å². The highest BCUT2D eigenvalue weighted by Crippen LogP contribution is 2.31. The topological polar surface area (TPSA) is 104 Å². The highest BCUT2D eigenvalue weighted by molar-refractivity contribution is 6.41. The molecular formula is C27H25NO5. The van der Waals surface area contributed by atoms with Crippen LogP contribution in [-0.2, 0) is 20.0 Å². The highest BCUT2D eigenvalue weighted by atomic mass is 16.3. The van der Waals surface area contributed by atoms with Gasteiger partial charge < -0.3 is 15.5 Å². The van der Waals surface area contributed by atoms with Crippen LogP contribution in [-0.4, -0.2) is 34.2 Å². The van der Waals surface area contributed by atoms with Gasteiger partial charge in [0.15, 0.2) is 11.4 Å². The summed E-state index contributed by atoms with van der Waals surface area (Å²) in [6, 6.07) is 22.1. The molecule has 3 aromatic rings. The largest absolute Gasteiger partial charge is 0.507 e. The number of rotatable bonds is 8. The van der Waals surface area contributed by atoms with Crippen LogP contribution < -0.4 is 5.32 Å². The van der Waals surface area contributed by atoms with Crippen molar-refractivity contribution in [1.82, 2.24) is 5.32 Å². The average molecular weight is 443 g/mol. The third kappa shape index (κ3) is 5.42. The van der Waals surface area contributed by atoms with Crippen LogP contribution in [0.25, 0.3) is 5.76 Å². The summed E-state index contributed by atoms with van der Waals surface area (Å²) in [4.78, 5) is 37.7. The highest BCUT2D eigenvalue weighted by Gasteiger charge is 2.39. The molecule has 0 bridgehead atoms. The molecule has 6 heteroatoms. The molecule has 0 fully saturated rings. The van der Waals surface area contributed by atoms with Crippen molar-refractivity contribution >= 4 is 23.2 Å². The zero-order valence-electron chi connectivity index (χ0n) is 18.4. The van der Waals surface area contributed by atoms with E-state index in [1.165, 1.54) is 0 Å². The molecule has 0 unspecified atom stereocenters. The quantitative estimate of drug-likeness (QED) is 0.281. The fourth-order valence-electron chi connectivity index (χ4n) is 3.49. The Bertz CT molecular complexity index is 1170. The van der Waals surface area contributed by atoms with Crippen molar-refractivity contribution in [3.8, 4) is 0 Å². The van der Waals surface area contributed by atoms with E-state index >= 15 is 0 Å². The molecular weight excluding hydrogens is 418 g/mol. The van der Waals surface area contributed by atoms with Gasteiger partial charge in [0.25, 0.3) is 5.91 Å². The van der Waals surface area contributed by atoms with Gasteiger partial charge in [0.1, 0.15) is 5.76 Å². The minimum absolute atomic E-state index is 0.361. The molecule has 0 aliphatic heterocycles. The standard InChI is InChI=1S/C27H25NO5/c1-18-8-6-12-21(14-18)27(33,22-13-7-9-19(2)15-22)25(31)17-28-26(32)24(30)16-23(29)20-10-4-3-5-11-20/h3-16,29,33H,17H2,1-2H3,(H,28,32). The molecule has 33 heavy (non-hydrogen) atoms. The minimum Gasteiger partial charge on any atom is -0.507 e. The summed E-state index contributed by atoms with van der Waals surface area (Å²) < 4.78 is 0. The molecule has 1 amide bonds. The number of ketones is 2. The first-order valence-corrected chi connectivity index (χ1v) is 10.4. The number of aliphatic hydroxyl groups excluding tert-OH is 1. The summed E-state index contributed by atoms with van der Waals surface area (Å²) in [5.41, 5.74) is 0.791. The molecule has 0 saturated heterocycles. The van der Waals surface area contributed by atoms with Crippen LogP contribution in [0.15, 0.2) is 84.9 Å². The summed E-state index contributed by atoms with van der Waals surface area (Å²) in [6.45, 7) is 3.11. The predicted molar refractivity (Wildman–Crippen MR) is 125 cm³/mol.